The molecule has 1 aromatic rings. The highest BCUT2D eigenvalue weighted by Gasteiger charge is 2.31. The molecule has 1 fully saturated rings. The van der Waals surface area contributed by atoms with Gasteiger partial charge in [0.25, 0.3) is 5.91 Å². The Hall–Kier alpha value is -1.72. The Kier molecular flexibility index (Phi) is 3.97. The lowest BCUT2D eigenvalue weighted by Gasteiger charge is -2.12. The second-order valence-corrected chi connectivity index (χ2v) is 4.53. The molecule has 0 radical (unpaired) electrons. The Balaban J connectivity index is 1.95. The summed E-state index contributed by atoms with van der Waals surface area (Å²) in [5, 5.41) is 2.86. The van der Waals surface area contributed by atoms with Crippen molar-refractivity contribution in [2.75, 3.05) is 0 Å². The zero-order valence-electron chi connectivity index (χ0n) is 10.2. The first-order valence-corrected chi connectivity index (χ1v) is 6.11. The highest BCUT2D eigenvalue weighted by atomic mass is 19.4. The molecule has 19 heavy (non-hydrogen) atoms. The number of rotatable bonds is 3. The summed E-state index contributed by atoms with van der Waals surface area (Å²) in [6, 6.07) is 5.10. The minimum Gasteiger partial charge on any atom is -0.406 e. The maximum atomic E-state index is 12.0. The maximum absolute atomic E-state index is 12.0. The highest BCUT2D eigenvalue weighted by Crippen LogP contribution is 2.23. The van der Waals surface area contributed by atoms with Crippen LogP contribution < -0.4 is 10.1 Å². The van der Waals surface area contributed by atoms with E-state index < -0.39 is 6.36 Å². The van der Waals surface area contributed by atoms with Gasteiger partial charge in [-0.1, -0.05) is 12.8 Å². The first-order valence-electron chi connectivity index (χ1n) is 6.11. The number of ether oxygens (including phenoxy) is 1. The van der Waals surface area contributed by atoms with E-state index in [0.717, 1.165) is 37.8 Å². The minimum absolute atomic E-state index is 0.179. The van der Waals surface area contributed by atoms with E-state index >= 15 is 0 Å². The quantitative estimate of drug-likeness (QED) is 0.918. The standard InChI is InChI=1S/C13H14F3NO2/c14-13(15,16)19-11-7-5-9(6-8-11)12(18)17-10-3-1-2-4-10/h5-8,10H,1-4H2,(H,17,18). The van der Waals surface area contributed by atoms with Crippen molar-refractivity contribution in [2.24, 2.45) is 0 Å². The lowest BCUT2D eigenvalue weighted by atomic mass is 10.2. The van der Waals surface area contributed by atoms with E-state index in [1.807, 2.05) is 0 Å². The molecular formula is C13H14F3NO2. The molecule has 1 amide bonds. The van der Waals surface area contributed by atoms with Gasteiger partial charge in [0.15, 0.2) is 0 Å². The Morgan fingerprint density at radius 2 is 1.74 bits per heavy atom. The summed E-state index contributed by atoms with van der Waals surface area (Å²) in [4.78, 5) is 11.8. The SMILES string of the molecule is O=C(NC1CCCC1)c1ccc(OC(F)(F)F)cc1. The molecule has 1 N–H and O–H groups in total. The molecule has 0 heterocycles. The van der Waals surface area contributed by atoms with Crippen LogP contribution in [0.5, 0.6) is 5.75 Å². The third-order valence-electron chi connectivity index (χ3n) is 3.04. The molecule has 0 unspecified atom stereocenters. The summed E-state index contributed by atoms with van der Waals surface area (Å²) < 4.78 is 39.6. The summed E-state index contributed by atoms with van der Waals surface area (Å²) in [7, 11) is 0. The third kappa shape index (κ3) is 4.15. The lowest BCUT2D eigenvalue weighted by Crippen LogP contribution is -2.32. The molecule has 6 heteroatoms. The van der Waals surface area contributed by atoms with Crippen molar-refractivity contribution in [1.82, 2.24) is 5.32 Å². The Morgan fingerprint density at radius 3 is 2.26 bits per heavy atom. The molecule has 1 aromatic carbocycles. The zero-order valence-corrected chi connectivity index (χ0v) is 10.2. The van der Waals surface area contributed by atoms with Crippen molar-refractivity contribution in [2.45, 2.75) is 38.1 Å². The highest BCUT2D eigenvalue weighted by molar-refractivity contribution is 5.94. The van der Waals surface area contributed by atoms with Gasteiger partial charge in [-0.05, 0) is 37.1 Å². The molecule has 1 aliphatic rings. The molecule has 3 nitrogen and oxygen atoms in total. The predicted molar refractivity (Wildman–Crippen MR) is 62.8 cm³/mol. The summed E-state index contributed by atoms with van der Waals surface area (Å²) in [6.07, 6.45) is -0.595. The molecule has 1 aliphatic carbocycles. The van der Waals surface area contributed by atoms with Crippen molar-refractivity contribution in [3.05, 3.63) is 29.8 Å². The summed E-state index contributed by atoms with van der Waals surface area (Å²) in [5.74, 6) is -0.588. The van der Waals surface area contributed by atoms with Crippen LogP contribution in [0.1, 0.15) is 36.0 Å². The first-order chi connectivity index (χ1) is 8.94. The fraction of sp³-hybridized carbons (Fsp3) is 0.462. The van der Waals surface area contributed by atoms with Crippen LogP contribution in [0.3, 0.4) is 0 Å². The normalized spacial score (nSPS) is 16.4. The van der Waals surface area contributed by atoms with Crippen LogP contribution in [0.4, 0.5) is 13.2 Å². The largest absolute Gasteiger partial charge is 0.573 e. The average molecular weight is 273 g/mol. The monoisotopic (exact) mass is 273 g/mol. The molecule has 0 bridgehead atoms. The van der Waals surface area contributed by atoms with Gasteiger partial charge in [0.05, 0.1) is 0 Å². The minimum atomic E-state index is -4.71. The Bertz CT molecular complexity index is 436. The Labute approximate surface area is 108 Å². The van der Waals surface area contributed by atoms with Crippen molar-refractivity contribution in [3.63, 3.8) is 0 Å². The van der Waals surface area contributed by atoms with Crippen LogP contribution in [-0.2, 0) is 0 Å². The molecule has 1 saturated carbocycles. The molecule has 0 aromatic heterocycles. The number of carbonyl (C=O) groups is 1. The van der Waals surface area contributed by atoms with Gasteiger partial charge in [-0.25, -0.2) is 0 Å². The van der Waals surface area contributed by atoms with Gasteiger partial charge in [0, 0.05) is 11.6 Å². The topological polar surface area (TPSA) is 38.3 Å². The maximum Gasteiger partial charge on any atom is 0.573 e. The summed E-state index contributed by atoms with van der Waals surface area (Å²) in [5.41, 5.74) is 0.335. The van der Waals surface area contributed by atoms with Crippen molar-refractivity contribution >= 4 is 5.91 Å². The molecule has 0 atom stereocenters. The summed E-state index contributed by atoms with van der Waals surface area (Å²) in [6.45, 7) is 0. The second-order valence-electron chi connectivity index (χ2n) is 4.53. The van der Waals surface area contributed by atoms with E-state index in [9.17, 15) is 18.0 Å². The third-order valence-corrected chi connectivity index (χ3v) is 3.04. The van der Waals surface area contributed by atoms with Crippen LogP contribution in [-0.4, -0.2) is 18.3 Å². The average Bonchev–Trinajstić information content (AvgIpc) is 2.80. The van der Waals surface area contributed by atoms with E-state index in [0.29, 0.717) is 5.56 Å². The second kappa shape index (κ2) is 5.50. The van der Waals surface area contributed by atoms with Gasteiger partial charge < -0.3 is 10.1 Å². The van der Waals surface area contributed by atoms with Crippen molar-refractivity contribution < 1.29 is 22.7 Å². The van der Waals surface area contributed by atoms with E-state index in [4.69, 9.17) is 0 Å². The summed E-state index contributed by atoms with van der Waals surface area (Å²) >= 11 is 0. The van der Waals surface area contributed by atoms with E-state index in [-0.39, 0.29) is 17.7 Å². The number of carbonyl (C=O) groups excluding carboxylic acids is 1. The number of amides is 1. The van der Waals surface area contributed by atoms with Crippen molar-refractivity contribution in [3.8, 4) is 5.75 Å². The van der Waals surface area contributed by atoms with E-state index in [1.54, 1.807) is 0 Å². The van der Waals surface area contributed by atoms with Crippen LogP contribution in [0, 0.1) is 0 Å². The predicted octanol–water partition coefficient (Wildman–Crippen LogP) is 3.26. The fourth-order valence-electron chi connectivity index (χ4n) is 2.15. The number of halogens is 3. The van der Waals surface area contributed by atoms with Gasteiger partial charge >= 0.3 is 6.36 Å². The first kappa shape index (κ1) is 13.7. The number of alkyl halides is 3. The number of nitrogens with one attached hydrogen (secondary N) is 1. The zero-order chi connectivity index (χ0) is 13.9. The number of benzene rings is 1. The number of hydrogen-bond donors (Lipinski definition) is 1. The van der Waals surface area contributed by atoms with Crippen molar-refractivity contribution in [1.29, 1.82) is 0 Å². The number of hydrogen-bond acceptors (Lipinski definition) is 2. The molecule has 0 saturated heterocycles. The molecule has 0 aliphatic heterocycles. The molecule has 0 spiro atoms. The smallest absolute Gasteiger partial charge is 0.406 e. The molecule has 2 rings (SSSR count). The molecule has 104 valence electrons. The van der Waals surface area contributed by atoms with Crippen LogP contribution in [0.15, 0.2) is 24.3 Å². The fourth-order valence-corrected chi connectivity index (χ4v) is 2.15. The van der Waals surface area contributed by atoms with Gasteiger partial charge in [-0.2, -0.15) is 0 Å². The van der Waals surface area contributed by atoms with Gasteiger partial charge in [0.2, 0.25) is 0 Å². The van der Waals surface area contributed by atoms with Crippen LogP contribution in [0.2, 0.25) is 0 Å². The Morgan fingerprint density at radius 1 is 1.16 bits per heavy atom. The van der Waals surface area contributed by atoms with E-state index in [2.05, 4.69) is 10.1 Å². The van der Waals surface area contributed by atoms with E-state index in [1.165, 1.54) is 12.1 Å². The van der Waals surface area contributed by atoms with Gasteiger partial charge in [0.1, 0.15) is 5.75 Å². The van der Waals surface area contributed by atoms with Gasteiger partial charge in [-0.3, -0.25) is 4.79 Å². The van der Waals surface area contributed by atoms with Crippen LogP contribution >= 0.6 is 0 Å². The lowest BCUT2D eigenvalue weighted by molar-refractivity contribution is -0.274. The van der Waals surface area contributed by atoms with Gasteiger partial charge in [-0.15, -0.1) is 13.2 Å². The van der Waals surface area contributed by atoms with Crippen LogP contribution in [0.25, 0.3) is 0 Å². The molecular weight excluding hydrogens is 259 g/mol.